The van der Waals surface area contributed by atoms with Crippen LogP contribution >= 0.6 is 0 Å². The van der Waals surface area contributed by atoms with E-state index >= 15 is 0 Å². The number of aliphatic carboxylic acids is 1. The second kappa shape index (κ2) is 9.49. The molecule has 0 spiro atoms. The lowest BCUT2D eigenvalue weighted by atomic mass is 9.43. The summed E-state index contributed by atoms with van der Waals surface area (Å²) >= 11 is 0. The molecule has 38 heavy (non-hydrogen) atoms. The van der Waals surface area contributed by atoms with E-state index in [0.717, 1.165) is 44.1 Å². The number of hydrogen-bond acceptors (Lipinski definition) is 5. The third kappa shape index (κ3) is 3.52. The Labute approximate surface area is 226 Å². The average Bonchev–Trinajstić information content (AvgIpc) is 3.22. The molecule has 4 aliphatic rings. The molecule has 1 aliphatic heterocycles. The highest BCUT2D eigenvalue weighted by molar-refractivity contribution is 5.89. The van der Waals surface area contributed by atoms with Gasteiger partial charge < -0.3 is 24.6 Å². The zero-order valence-electron chi connectivity index (χ0n) is 23.6. The standard InChI is InChI=1S/C31H43NO6/c1-7-8-18-15-24-29(2,12-11-25(33)32-24)20-9-13-30(3)21(26(18)20)10-14-31(30,28(34)35)19-16-22(36-4)27(38-6)23(17-19)37-5/h11-12,16-18,20-21,24,26H,7-10,13-15H2,1-6H3,(H,32,33)(H,34,35)/t18?,20-,21+,24?,26-,29-,30+,31?/m1/s1. The monoisotopic (exact) mass is 525 g/mol. The second-order valence-electron chi connectivity index (χ2n) is 12.5. The van der Waals surface area contributed by atoms with Gasteiger partial charge >= 0.3 is 5.97 Å². The highest BCUT2D eigenvalue weighted by Crippen LogP contribution is 2.70. The van der Waals surface area contributed by atoms with Crippen molar-refractivity contribution in [1.82, 2.24) is 5.32 Å². The van der Waals surface area contributed by atoms with E-state index in [1.54, 1.807) is 27.4 Å². The van der Waals surface area contributed by atoms with E-state index < -0.39 is 16.8 Å². The van der Waals surface area contributed by atoms with E-state index in [1.807, 2.05) is 12.1 Å². The van der Waals surface area contributed by atoms with Gasteiger partial charge in [0.25, 0.3) is 0 Å². The van der Waals surface area contributed by atoms with Gasteiger partial charge in [-0.15, -0.1) is 0 Å². The molecule has 0 saturated heterocycles. The summed E-state index contributed by atoms with van der Waals surface area (Å²) in [5.41, 5.74) is -0.854. The smallest absolute Gasteiger partial charge is 0.314 e. The van der Waals surface area contributed by atoms with Gasteiger partial charge in [-0.3, -0.25) is 9.59 Å². The number of hydrogen-bond donors (Lipinski definition) is 2. The summed E-state index contributed by atoms with van der Waals surface area (Å²) in [5, 5.41) is 14.3. The average molecular weight is 526 g/mol. The van der Waals surface area contributed by atoms with Crippen LogP contribution in [0.2, 0.25) is 0 Å². The van der Waals surface area contributed by atoms with Gasteiger partial charge in [0.1, 0.15) is 0 Å². The van der Waals surface area contributed by atoms with E-state index in [2.05, 4.69) is 32.2 Å². The van der Waals surface area contributed by atoms with Crippen LogP contribution in [0.25, 0.3) is 0 Å². The molecule has 3 saturated carbocycles. The molecule has 7 nitrogen and oxygen atoms in total. The molecule has 1 aromatic rings. The number of carboxylic acid groups (broad SMARTS) is 1. The maximum Gasteiger partial charge on any atom is 0.314 e. The quantitative estimate of drug-likeness (QED) is 0.498. The summed E-state index contributed by atoms with van der Waals surface area (Å²) in [4.78, 5) is 25.8. The van der Waals surface area contributed by atoms with Gasteiger partial charge in [-0.25, -0.2) is 0 Å². The van der Waals surface area contributed by atoms with Crippen LogP contribution in [0, 0.1) is 34.5 Å². The molecule has 1 heterocycles. The number of methoxy groups -OCH3 is 3. The number of carbonyl (C=O) groups excluding carboxylic acids is 1. The summed E-state index contributed by atoms with van der Waals surface area (Å²) in [6.07, 6.45) is 10.2. The normalized spacial score (nSPS) is 39.4. The Morgan fingerprint density at radius 2 is 1.71 bits per heavy atom. The van der Waals surface area contributed by atoms with Crippen LogP contribution in [-0.4, -0.2) is 44.4 Å². The van der Waals surface area contributed by atoms with Crippen LogP contribution in [0.1, 0.15) is 71.3 Å². The summed E-state index contributed by atoms with van der Waals surface area (Å²) in [6.45, 7) is 6.78. The highest BCUT2D eigenvalue weighted by Gasteiger charge is 2.69. The lowest BCUT2D eigenvalue weighted by Crippen LogP contribution is -2.63. The Morgan fingerprint density at radius 3 is 2.29 bits per heavy atom. The minimum Gasteiger partial charge on any atom is -0.493 e. The first kappa shape index (κ1) is 26.9. The van der Waals surface area contributed by atoms with Gasteiger partial charge in [-0.05, 0) is 85.0 Å². The number of benzene rings is 1. The van der Waals surface area contributed by atoms with Crippen molar-refractivity contribution in [3.05, 3.63) is 29.8 Å². The van der Waals surface area contributed by atoms with Crippen molar-refractivity contribution in [2.75, 3.05) is 21.3 Å². The Hall–Kier alpha value is -2.70. The molecule has 0 radical (unpaired) electrons. The topological polar surface area (TPSA) is 94.1 Å². The van der Waals surface area contributed by atoms with Gasteiger partial charge in [-0.2, -0.15) is 0 Å². The zero-order chi connectivity index (χ0) is 27.5. The highest BCUT2D eigenvalue weighted by atomic mass is 16.5. The fourth-order valence-electron chi connectivity index (χ4n) is 9.48. The predicted molar refractivity (Wildman–Crippen MR) is 145 cm³/mol. The molecule has 5 rings (SSSR count). The molecule has 8 atom stereocenters. The molecule has 0 bridgehead atoms. The molecule has 2 N–H and O–H groups in total. The van der Waals surface area contributed by atoms with E-state index in [9.17, 15) is 14.7 Å². The van der Waals surface area contributed by atoms with Crippen molar-refractivity contribution in [3.8, 4) is 17.2 Å². The first-order valence-corrected chi connectivity index (χ1v) is 14.1. The molecule has 3 unspecified atom stereocenters. The number of fused-ring (bicyclic) bond motifs is 5. The minimum absolute atomic E-state index is 0.00924. The van der Waals surface area contributed by atoms with E-state index in [4.69, 9.17) is 14.2 Å². The molecular weight excluding hydrogens is 482 g/mol. The third-order valence-electron chi connectivity index (χ3n) is 11.3. The summed E-state index contributed by atoms with van der Waals surface area (Å²) < 4.78 is 16.8. The van der Waals surface area contributed by atoms with Crippen LogP contribution in [0.5, 0.6) is 17.2 Å². The number of nitrogens with one attached hydrogen (secondary N) is 1. The Balaban J connectivity index is 1.63. The Kier molecular flexibility index (Phi) is 6.72. The predicted octanol–water partition coefficient (Wildman–Crippen LogP) is 5.36. The summed E-state index contributed by atoms with van der Waals surface area (Å²) in [7, 11) is 4.71. The number of carbonyl (C=O) groups is 2. The van der Waals surface area contributed by atoms with Crippen LogP contribution < -0.4 is 19.5 Å². The number of rotatable bonds is 7. The van der Waals surface area contributed by atoms with Crippen molar-refractivity contribution < 1.29 is 28.9 Å². The Bertz CT molecular complexity index is 1120. The fourth-order valence-corrected chi connectivity index (χ4v) is 9.48. The van der Waals surface area contributed by atoms with Crippen molar-refractivity contribution >= 4 is 11.9 Å². The maximum atomic E-state index is 13.5. The lowest BCUT2D eigenvalue weighted by molar-refractivity contribution is -0.157. The molecule has 1 amide bonds. The molecule has 0 aromatic heterocycles. The number of ether oxygens (including phenoxy) is 3. The van der Waals surface area contributed by atoms with E-state index in [1.165, 1.54) is 0 Å². The number of carboxylic acids is 1. The second-order valence-corrected chi connectivity index (χ2v) is 12.5. The van der Waals surface area contributed by atoms with Gasteiger partial charge in [0.15, 0.2) is 11.5 Å². The fraction of sp³-hybridized carbons (Fsp3) is 0.677. The van der Waals surface area contributed by atoms with Crippen LogP contribution in [0.3, 0.4) is 0 Å². The van der Waals surface area contributed by atoms with E-state index in [-0.39, 0.29) is 23.3 Å². The Morgan fingerprint density at radius 1 is 1.05 bits per heavy atom. The van der Waals surface area contributed by atoms with Gasteiger partial charge in [0.2, 0.25) is 11.7 Å². The van der Waals surface area contributed by atoms with Crippen molar-refractivity contribution in [2.45, 2.75) is 77.2 Å². The van der Waals surface area contributed by atoms with Gasteiger partial charge in [0, 0.05) is 11.5 Å². The van der Waals surface area contributed by atoms with Gasteiger partial charge in [-0.1, -0.05) is 39.7 Å². The molecule has 3 aliphatic carbocycles. The maximum absolute atomic E-state index is 13.5. The molecule has 1 aromatic carbocycles. The molecule has 208 valence electrons. The van der Waals surface area contributed by atoms with Crippen molar-refractivity contribution in [2.24, 2.45) is 34.5 Å². The molecule has 3 fully saturated rings. The summed E-state index contributed by atoms with van der Waals surface area (Å²) in [6, 6.07) is 3.86. The largest absolute Gasteiger partial charge is 0.493 e. The summed E-state index contributed by atoms with van der Waals surface area (Å²) in [5.74, 6) is 2.26. The first-order chi connectivity index (χ1) is 18.1. The zero-order valence-corrected chi connectivity index (χ0v) is 23.6. The van der Waals surface area contributed by atoms with Crippen molar-refractivity contribution in [3.63, 3.8) is 0 Å². The minimum atomic E-state index is -1.05. The van der Waals surface area contributed by atoms with Crippen LogP contribution in [-0.2, 0) is 15.0 Å². The van der Waals surface area contributed by atoms with Gasteiger partial charge in [0.05, 0.1) is 26.7 Å². The van der Waals surface area contributed by atoms with E-state index in [0.29, 0.717) is 41.4 Å². The lowest BCUT2D eigenvalue weighted by Gasteiger charge is -2.62. The van der Waals surface area contributed by atoms with Crippen LogP contribution in [0.4, 0.5) is 0 Å². The van der Waals surface area contributed by atoms with Crippen LogP contribution in [0.15, 0.2) is 24.3 Å². The SMILES string of the molecule is CCCC1CC2NC(=O)C=C[C@]2(C)[C@@H]2CC[C@@]3(C)[C@@H](CCC3(C(=O)O)c3cc(OC)c(OC)c(OC)c3)[C@H]12. The molecular formula is C31H43NO6. The van der Waals surface area contributed by atoms with Crippen molar-refractivity contribution in [1.29, 1.82) is 0 Å². The number of amides is 1. The first-order valence-electron chi connectivity index (χ1n) is 14.1. The third-order valence-corrected chi connectivity index (χ3v) is 11.3. The molecule has 7 heteroatoms.